The summed E-state index contributed by atoms with van der Waals surface area (Å²) >= 11 is 6.20. The third-order valence-electron chi connectivity index (χ3n) is 5.15. The second kappa shape index (κ2) is 6.39. The van der Waals surface area contributed by atoms with Crippen molar-refractivity contribution >= 4 is 33.5 Å². The van der Waals surface area contributed by atoms with Crippen LogP contribution < -0.4 is 0 Å². The van der Waals surface area contributed by atoms with Crippen molar-refractivity contribution in [2.75, 3.05) is 20.1 Å². The normalized spacial score (nSPS) is 19.6. The van der Waals surface area contributed by atoms with E-state index in [0.29, 0.717) is 38.6 Å². The molecule has 0 radical (unpaired) electrons. The van der Waals surface area contributed by atoms with Crippen LogP contribution in [0.15, 0.2) is 24.4 Å². The molecule has 0 amide bonds. The van der Waals surface area contributed by atoms with E-state index in [9.17, 15) is 8.78 Å². The summed E-state index contributed by atoms with van der Waals surface area (Å²) < 4.78 is 31.5. The van der Waals surface area contributed by atoms with E-state index in [1.807, 2.05) is 0 Å². The van der Waals surface area contributed by atoms with Crippen LogP contribution in [-0.2, 0) is 6.54 Å². The number of nitrogens with zero attached hydrogens (tertiary/aromatic N) is 8. The van der Waals surface area contributed by atoms with Crippen molar-refractivity contribution in [2.24, 2.45) is 0 Å². The van der Waals surface area contributed by atoms with Gasteiger partial charge in [0.15, 0.2) is 5.82 Å². The topological polar surface area (TPSA) is 77.5 Å². The number of imidazole rings is 1. The van der Waals surface area contributed by atoms with Gasteiger partial charge < -0.3 is 4.57 Å². The number of pyridine rings is 1. The lowest BCUT2D eigenvalue weighted by Gasteiger charge is -2.22. The smallest absolute Gasteiger partial charge is 0.282 e. The first kappa shape index (κ1) is 18.3. The molecule has 1 saturated heterocycles. The van der Waals surface area contributed by atoms with E-state index in [1.165, 1.54) is 4.80 Å². The summed E-state index contributed by atoms with van der Waals surface area (Å²) in [5, 5.41) is 13.2. The van der Waals surface area contributed by atoms with E-state index in [1.54, 1.807) is 47.8 Å². The van der Waals surface area contributed by atoms with Gasteiger partial charge in [0.1, 0.15) is 23.9 Å². The van der Waals surface area contributed by atoms with Gasteiger partial charge in [-0.2, -0.15) is 4.80 Å². The lowest BCUT2D eigenvalue weighted by atomic mass is 10.1. The van der Waals surface area contributed by atoms with Gasteiger partial charge in [-0.25, -0.2) is 13.8 Å². The molecule has 1 aromatic carbocycles. The van der Waals surface area contributed by atoms with Gasteiger partial charge in [0, 0.05) is 17.0 Å². The number of fused-ring (bicyclic) bond motifs is 3. The van der Waals surface area contributed by atoms with Gasteiger partial charge in [-0.05, 0) is 37.4 Å². The Labute approximate surface area is 169 Å². The molecule has 0 N–H and O–H groups in total. The van der Waals surface area contributed by atoms with Gasteiger partial charge >= 0.3 is 0 Å². The number of halogens is 3. The van der Waals surface area contributed by atoms with Crippen molar-refractivity contribution in [1.29, 1.82) is 0 Å². The van der Waals surface area contributed by atoms with Crippen molar-refractivity contribution in [1.82, 2.24) is 39.6 Å². The Morgan fingerprint density at radius 2 is 2.10 bits per heavy atom. The minimum absolute atomic E-state index is 0.119. The number of likely N-dealkylation sites (N-methyl/N-ethyl adjacent to an activating group) is 1. The zero-order valence-corrected chi connectivity index (χ0v) is 16.5. The van der Waals surface area contributed by atoms with Crippen molar-refractivity contribution in [3.05, 3.63) is 41.1 Å². The number of tetrazole rings is 1. The molecule has 0 spiro atoms. The Balaban J connectivity index is 1.79. The molecule has 11 heteroatoms. The first-order valence-corrected chi connectivity index (χ1v) is 9.45. The molecule has 0 bridgehead atoms. The Bertz CT molecular complexity index is 1230. The highest BCUT2D eigenvalue weighted by atomic mass is 35.5. The molecule has 4 heterocycles. The fourth-order valence-electron chi connectivity index (χ4n) is 3.99. The highest BCUT2D eigenvalue weighted by molar-refractivity contribution is 6.31. The fourth-order valence-corrected chi connectivity index (χ4v) is 4.16. The number of likely N-dealkylation sites (tertiary alicyclic amines) is 1. The maximum Gasteiger partial charge on any atom is 0.282 e. The van der Waals surface area contributed by atoms with E-state index in [-0.39, 0.29) is 19.6 Å². The number of aryl methyl sites for hydroxylation is 1. The Kier molecular flexibility index (Phi) is 4.04. The molecule has 150 valence electrons. The highest BCUT2D eigenvalue weighted by Crippen LogP contribution is 2.40. The van der Waals surface area contributed by atoms with Crippen LogP contribution in [-0.4, -0.2) is 65.7 Å². The maximum absolute atomic E-state index is 15.0. The van der Waals surface area contributed by atoms with Crippen LogP contribution in [0, 0.1) is 6.92 Å². The van der Waals surface area contributed by atoms with Crippen molar-refractivity contribution < 1.29 is 8.78 Å². The van der Waals surface area contributed by atoms with Crippen LogP contribution in [0.1, 0.15) is 17.7 Å². The van der Waals surface area contributed by atoms with Crippen LogP contribution in [0.5, 0.6) is 0 Å². The zero-order chi connectivity index (χ0) is 20.3. The molecule has 8 nitrogen and oxygen atoms in total. The molecule has 29 heavy (non-hydrogen) atoms. The van der Waals surface area contributed by atoms with Gasteiger partial charge in [0.2, 0.25) is 0 Å². The predicted octanol–water partition coefficient (Wildman–Crippen LogP) is 2.70. The van der Waals surface area contributed by atoms with Crippen LogP contribution >= 0.6 is 11.6 Å². The number of alkyl halides is 2. The SMILES string of the molecule is Cc1nnn(Cc2nc3cnc4ccc(Cl)cc4c3n2C2CN(C)CC2(F)F)n1. The summed E-state index contributed by atoms with van der Waals surface area (Å²) in [6.07, 6.45) is 1.60. The summed E-state index contributed by atoms with van der Waals surface area (Å²) in [6.45, 7) is 1.71. The van der Waals surface area contributed by atoms with Gasteiger partial charge in [0.05, 0.1) is 23.8 Å². The summed E-state index contributed by atoms with van der Waals surface area (Å²) in [6, 6.07) is 4.16. The molecule has 1 aliphatic rings. The van der Waals surface area contributed by atoms with Crippen molar-refractivity contribution in [3.8, 4) is 0 Å². The van der Waals surface area contributed by atoms with Crippen LogP contribution in [0.3, 0.4) is 0 Å². The molecule has 1 unspecified atom stereocenters. The van der Waals surface area contributed by atoms with E-state index >= 15 is 0 Å². The number of rotatable bonds is 3. The first-order valence-electron chi connectivity index (χ1n) is 9.08. The summed E-state index contributed by atoms with van der Waals surface area (Å²) in [7, 11) is 1.69. The van der Waals surface area contributed by atoms with Crippen LogP contribution in [0.2, 0.25) is 5.02 Å². The largest absolute Gasteiger partial charge is 0.315 e. The molecule has 3 aromatic heterocycles. The summed E-state index contributed by atoms with van der Waals surface area (Å²) in [4.78, 5) is 12.0. The van der Waals surface area contributed by atoms with Crippen molar-refractivity contribution in [3.63, 3.8) is 0 Å². The number of benzene rings is 1. The second-order valence-corrected chi connectivity index (χ2v) is 7.83. The quantitative estimate of drug-likeness (QED) is 0.509. The number of aromatic nitrogens is 7. The Morgan fingerprint density at radius 3 is 2.79 bits per heavy atom. The van der Waals surface area contributed by atoms with Gasteiger partial charge in [-0.3, -0.25) is 9.88 Å². The minimum Gasteiger partial charge on any atom is -0.315 e. The third kappa shape index (κ3) is 3.03. The molecular weight excluding hydrogens is 402 g/mol. The average molecular weight is 419 g/mol. The zero-order valence-electron chi connectivity index (χ0n) is 15.7. The van der Waals surface area contributed by atoms with E-state index in [0.717, 1.165) is 0 Å². The van der Waals surface area contributed by atoms with Crippen LogP contribution in [0.4, 0.5) is 8.78 Å². The molecule has 0 aliphatic carbocycles. The molecular formula is C18H17ClF2N8. The highest BCUT2D eigenvalue weighted by Gasteiger charge is 2.49. The van der Waals surface area contributed by atoms with E-state index in [4.69, 9.17) is 11.6 Å². The number of hydrogen-bond donors (Lipinski definition) is 0. The number of hydrogen-bond acceptors (Lipinski definition) is 6. The first-order chi connectivity index (χ1) is 13.8. The molecule has 1 atom stereocenters. The minimum atomic E-state index is -2.92. The molecule has 0 saturated carbocycles. The van der Waals surface area contributed by atoms with Crippen LogP contribution in [0.25, 0.3) is 21.9 Å². The maximum atomic E-state index is 15.0. The Hall–Kier alpha value is -2.72. The second-order valence-electron chi connectivity index (χ2n) is 7.39. The average Bonchev–Trinajstić information content (AvgIpc) is 3.29. The Morgan fingerprint density at radius 1 is 1.28 bits per heavy atom. The fraction of sp³-hybridized carbons (Fsp3) is 0.389. The van der Waals surface area contributed by atoms with E-state index < -0.39 is 12.0 Å². The van der Waals surface area contributed by atoms with Gasteiger partial charge in [-0.15, -0.1) is 10.2 Å². The van der Waals surface area contributed by atoms with E-state index in [2.05, 4.69) is 25.4 Å². The lowest BCUT2D eigenvalue weighted by Crippen LogP contribution is -2.31. The van der Waals surface area contributed by atoms with Crippen molar-refractivity contribution in [2.45, 2.75) is 25.4 Å². The standard InChI is InChI=1S/C18H17ClF2N8/c1-10-24-26-28(25-10)8-16-23-14-6-22-13-4-3-11(19)5-12(13)17(14)29(16)15-7-27(2)9-18(15,20)21/h3-6,15H,7-9H2,1-2H3. The molecule has 4 aromatic rings. The summed E-state index contributed by atoms with van der Waals surface area (Å²) in [5.74, 6) is -2.00. The third-order valence-corrected chi connectivity index (χ3v) is 5.39. The molecule has 5 rings (SSSR count). The summed E-state index contributed by atoms with van der Waals surface area (Å²) in [5.41, 5.74) is 1.78. The molecule has 1 aliphatic heterocycles. The van der Waals surface area contributed by atoms with Gasteiger partial charge in [-0.1, -0.05) is 11.6 Å². The monoisotopic (exact) mass is 418 g/mol. The lowest BCUT2D eigenvalue weighted by molar-refractivity contribution is -0.0202. The van der Waals surface area contributed by atoms with Gasteiger partial charge in [0.25, 0.3) is 5.92 Å². The molecule has 1 fully saturated rings. The predicted molar refractivity (Wildman–Crippen MR) is 103 cm³/mol.